The molecule has 9 heteroatoms. The van der Waals surface area contributed by atoms with E-state index in [2.05, 4.69) is 0 Å². The Labute approximate surface area is 206 Å². The van der Waals surface area contributed by atoms with Crippen LogP contribution in [0.5, 0.6) is 5.75 Å². The van der Waals surface area contributed by atoms with E-state index < -0.39 is 58.0 Å². The number of amides is 1. The van der Waals surface area contributed by atoms with Gasteiger partial charge in [-0.2, -0.15) is 0 Å². The number of hydrogen-bond acceptors (Lipinski definition) is 8. The Morgan fingerprint density at radius 2 is 1.72 bits per heavy atom. The van der Waals surface area contributed by atoms with Crippen molar-refractivity contribution in [3.05, 3.63) is 70.5 Å². The molecule has 1 fully saturated rings. The molecule has 36 heavy (non-hydrogen) atoms. The van der Waals surface area contributed by atoms with Crippen LogP contribution in [0.3, 0.4) is 0 Å². The van der Waals surface area contributed by atoms with Crippen molar-refractivity contribution >= 4 is 23.2 Å². The number of ketones is 2. The highest BCUT2D eigenvalue weighted by molar-refractivity contribution is 6.24. The average Bonchev–Trinajstić information content (AvgIpc) is 2.81. The molecular formula is C27H26N2O7. The summed E-state index contributed by atoms with van der Waals surface area (Å²) in [5.41, 5.74) is 4.04. The summed E-state index contributed by atoms with van der Waals surface area (Å²) in [5.74, 6) is -6.61. The maximum Gasteiger partial charge on any atom is 0.255 e. The van der Waals surface area contributed by atoms with Crippen molar-refractivity contribution in [2.75, 3.05) is 14.1 Å². The van der Waals surface area contributed by atoms with E-state index in [1.165, 1.54) is 11.0 Å². The number of nitrogens with zero attached hydrogens (tertiary/aromatic N) is 1. The van der Waals surface area contributed by atoms with Gasteiger partial charge in [0.05, 0.1) is 11.6 Å². The van der Waals surface area contributed by atoms with Gasteiger partial charge in [0.25, 0.3) is 5.91 Å². The summed E-state index contributed by atoms with van der Waals surface area (Å²) >= 11 is 0. The summed E-state index contributed by atoms with van der Waals surface area (Å²) in [6.45, 7) is 0. The predicted molar refractivity (Wildman–Crippen MR) is 130 cm³/mol. The molecule has 0 heterocycles. The van der Waals surface area contributed by atoms with Crippen LogP contribution in [0, 0.1) is 11.8 Å². The fraction of sp³-hybridized carbons (Fsp3) is 0.296. The summed E-state index contributed by atoms with van der Waals surface area (Å²) in [6, 6.07) is 11.4. The molecule has 4 atom stereocenters. The fourth-order valence-electron chi connectivity index (χ4n) is 6.13. The van der Waals surface area contributed by atoms with Crippen LogP contribution in [-0.4, -0.2) is 68.5 Å². The van der Waals surface area contributed by atoms with Crippen molar-refractivity contribution in [3.8, 4) is 16.9 Å². The Bertz CT molecular complexity index is 1390. The second-order valence-electron chi connectivity index (χ2n) is 9.81. The molecular weight excluding hydrogens is 464 g/mol. The third-order valence-electron chi connectivity index (χ3n) is 7.69. The van der Waals surface area contributed by atoms with E-state index in [0.29, 0.717) is 5.56 Å². The van der Waals surface area contributed by atoms with Gasteiger partial charge in [-0.25, -0.2) is 0 Å². The summed E-state index contributed by atoms with van der Waals surface area (Å²) in [4.78, 5) is 40.5. The lowest BCUT2D eigenvalue weighted by Crippen LogP contribution is -2.65. The second-order valence-corrected chi connectivity index (χ2v) is 9.81. The number of primary amides is 1. The third-order valence-corrected chi connectivity index (χ3v) is 7.69. The third kappa shape index (κ3) is 3.06. The van der Waals surface area contributed by atoms with Gasteiger partial charge in [-0.05, 0) is 55.6 Å². The number of rotatable bonds is 3. The van der Waals surface area contributed by atoms with Gasteiger partial charge in [0.1, 0.15) is 22.8 Å². The van der Waals surface area contributed by atoms with Gasteiger partial charge in [-0.3, -0.25) is 19.3 Å². The Kier molecular flexibility index (Phi) is 5.31. The molecule has 1 saturated carbocycles. The number of phenols is 1. The minimum atomic E-state index is -2.64. The van der Waals surface area contributed by atoms with Crippen molar-refractivity contribution in [3.63, 3.8) is 0 Å². The van der Waals surface area contributed by atoms with Crippen molar-refractivity contribution in [2.24, 2.45) is 17.6 Å². The zero-order chi connectivity index (χ0) is 26.1. The Hall–Kier alpha value is -3.95. The fourth-order valence-corrected chi connectivity index (χ4v) is 6.13. The van der Waals surface area contributed by atoms with Gasteiger partial charge < -0.3 is 26.2 Å². The van der Waals surface area contributed by atoms with E-state index in [0.717, 1.165) is 11.1 Å². The van der Waals surface area contributed by atoms with Crippen LogP contribution in [0.4, 0.5) is 0 Å². The first kappa shape index (κ1) is 23.8. The largest absolute Gasteiger partial charge is 0.508 e. The molecule has 0 unspecified atom stereocenters. The molecule has 2 aromatic rings. The predicted octanol–water partition coefficient (Wildman–Crippen LogP) is 1.63. The molecule has 3 aliphatic carbocycles. The smallest absolute Gasteiger partial charge is 0.255 e. The van der Waals surface area contributed by atoms with Gasteiger partial charge in [0, 0.05) is 11.5 Å². The van der Waals surface area contributed by atoms with Crippen LogP contribution in [0.2, 0.25) is 0 Å². The molecule has 6 N–H and O–H groups in total. The van der Waals surface area contributed by atoms with Crippen LogP contribution in [0.25, 0.3) is 16.9 Å². The van der Waals surface area contributed by atoms with Crippen LogP contribution in [-0.2, 0) is 20.8 Å². The molecule has 0 aliphatic heterocycles. The van der Waals surface area contributed by atoms with E-state index in [-0.39, 0.29) is 29.7 Å². The van der Waals surface area contributed by atoms with Crippen LogP contribution < -0.4 is 5.73 Å². The van der Waals surface area contributed by atoms with Crippen LogP contribution in [0.1, 0.15) is 17.5 Å². The monoisotopic (exact) mass is 490 g/mol. The quantitative estimate of drug-likeness (QED) is 0.406. The summed E-state index contributed by atoms with van der Waals surface area (Å²) < 4.78 is 0. The summed E-state index contributed by atoms with van der Waals surface area (Å²) in [5, 5.41) is 44.4. The molecule has 1 amide bonds. The summed E-state index contributed by atoms with van der Waals surface area (Å²) in [7, 11) is 3.14. The van der Waals surface area contributed by atoms with E-state index in [1.807, 2.05) is 30.3 Å². The highest BCUT2D eigenvalue weighted by atomic mass is 16.3. The van der Waals surface area contributed by atoms with Gasteiger partial charge >= 0.3 is 0 Å². The first-order valence-corrected chi connectivity index (χ1v) is 11.5. The van der Waals surface area contributed by atoms with Gasteiger partial charge in [0.2, 0.25) is 5.78 Å². The lowest BCUT2D eigenvalue weighted by atomic mass is 9.57. The van der Waals surface area contributed by atoms with Crippen molar-refractivity contribution in [1.29, 1.82) is 0 Å². The number of likely N-dealkylation sites (N-methyl/N-ethyl adjacent to an activating group) is 1. The Balaban J connectivity index is 1.75. The second kappa shape index (κ2) is 8.04. The number of fused-ring (bicyclic) bond motifs is 3. The van der Waals surface area contributed by atoms with Crippen LogP contribution >= 0.6 is 0 Å². The normalized spacial score (nSPS) is 27.6. The topological polar surface area (TPSA) is 161 Å². The van der Waals surface area contributed by atoms with Gasteiger partial charge in [0.15, 0.2) is 11.4 Å². The molecule has 0 spiro atoms. The molecule has 3 aliphatic rings. The van der Waals surface area contributed by atoms with Crippen molar-refractivity contribution < 1.29 is 34.8 Å². The number of carbonyl (C=O) groups excluding carboxylic acids is 3. The molecule has 0 saturated heterocycles. The highest BCUT2D eigenvalue weighted by Crippen LogP contribution is 2.53. The van der Waals surface area contributed by atoms with Gasteiger partial charge in [-0.15, -0.1) is 0 Å². The first-order valence-electron chi connectivity index (χ1n) is 11.5. The SMILES string of the molecule is CN(C)[C@@H]1C(=O)C(C(N)=O)=C(O)[C@@]2(O)C(=O)C3=C(O)c4c(O)ccc(-c5ccccc5)c4C[C@H]3C[C@@H]12. The zero-order valence-corrected chi connectivity index (χ0v) is 19.7. The molecule has 186 valence electrons. The minimum Gasteiger partial charge on any atom is -0.508 e. The van der Waals surface area contributed by atoms with Gasteiger partial charge in [-0.1, -0.05) is 36.4 Å². The highest BCUT2D eigenvalue weighted by Gasteiger charge is 2.64. The molecule has 2 aromatic carbocycles. The first-order chi connectivity index (χ1) is 17.0. The lowest BCUT2D eigenvalue weighted by Gasteiger charge is -2.50. The maximum absolute atomic E-state index is 13.8. The number of aliphatic hydroxyl groups is 3. The zero-order valence-electron chi connectivity index (χ0n) is 19.7. The van der Waals surface area contributed by atoms with E-state index in [4.69, 9.17) is 5.73 Å². The number of phenolic OH excluding ortho intramolecular Hbond substituents is 1. The van der Waals surface area contributed by atoms with Crippen molar-refractivity contribution in [2.45, 2.75) is 24.5 Å². The number of aromatic hydroxyl groups is 1. The number of carbonyl (C=O) groups is 3. The average molecular weight is 491 g/mol. The summed E-state index contributed by atoms with van der Waals surface area (Å²) in [6.07, 6.45) is 0.294. The lowest BCUT2D eigenvalue weighted by molar-refractivity contribution is -0.153. The van der Waals surface area contributed by atoms with E-state index >= 15 is 0 Å². The molecule has 0 aromatic heterocycles. The molecule has 9 nitrogen and oxygen atoms in total. The van der Waals surface area contributed by atoms with Crippen LogP contribution in [0.15, 0.2) is 59.4 Å². The molecule has 5 rings (SSSR count). The Morgan fingerprint density at radius 1 is 1.06 bits per heavy atom. The number of Topliss-reactive ketones (excluding diaryl/α,β-unsaturated/α-hetero) is 2. The standard InChI is InChI=1S/C27H26N2O7/c1-29(2)21-16-11-13-10-15-14(12-6-4-3-5-7-12)8-9-17(30)19(15)22(31)18(13)24(33)27(16,36)25(34)20(23(21)32)26(28)35/h3-9,13,16,21,30-31,34,36H,10-11H2,1-2H3,(H2,28,35)/t13-,16-,21-,27-/m0/s1. The van der Waals surface area contributed by atoms with Crippen molar-refractivity contribution in [1.82, 2.24) is 4.90 Å². The molecule has 0 bridgehead atoms. The number of nitrogens with two attached hydrogens (primary N) is 1. The maximum atomic E-state index is 13.8. The number of hydrogen-bond donors (Lipinski definition) is 5. The molecule has 0 radical (unpaired) electrons. The minimum absolute atomic E-state index is 0.0512. The number of aliphatic hydroxyl groups excluding tert-OH is 2. The van der Waals surface area contributed by atoms with E-state index in [9.17, 15) is 34.8 Å². The number of benzene rings is 2. The van der Waals surface area contributed by atoms with E-state index in [1.54, 1.807) is 20.2 Å². The Morgan fingerprint density at radius 3 is 2.33 bits per heavy atom.